The molecule has 154 valence electrons. The van der Waals surface area contributed by atoms with Gasteiger partial charge in [0, 0.05) is 43.8 Å². The standard InChI is InChI=1S/C22H24N6O2/c23-13-16-11-19-20(25-14-16)12-21(27-7-9-29-10-8-27)26-22(19)30-18-3-1-17(2-4-18)28-6-5-24-15-28/h5-6,11-12,14-15,17-18H,1-4,7-10H2/t17-,18+. The van der Waals surface area contributed by atoms with Gasteiger partial charge in [-0.05, 0) is 31.7 Å². The van der Waals surface area contributed by atoms with Gasteiger partial charge in [-0.25, -0.2) is 4.98 Å². The molecule has 0 unspecified atom stereocenters. The van der Waals surface area contributed by atoms with Crippen LogP contribution in [0.15, 0.2) is 37.1 Å². The minimum absolute atomic E-state index is 0.103. The van der Waals surface area contributed by atoms with Crippen LogP contribution in [0.3, 0.4) is 0 Å². The molecule has 0 bridgehead atoms. The third kappa shape index (κ3) is 3.81. The highest BCUT2D eigenvalue weighted by Crippen LogP contribution is 2.34. The van der Waals surface area contributed by atoms with Gasteiger partial charge in [0.2, 0.25) is 5.88 Å². The predicted molar refractivity (Wildman–Crippen MR) is 111 cm³/mol. The number of nitrogens with zero attached hydrogens (tertiary/aromatic N) is 6. The first kappa shape index (κ1) is 18.8. The molecule has 1 saturated carbocycles. The van der Waals surface area contributed by atoms with Gasteiger partial charge in [-0.1, -0.05) is 0 Å². The summed E-state index contributed by atoms with van der Waals surface area (Å²) >= 11 is 0. The maximum Gasteiger partial charge on any atom is 0.225 e. The molecule has 8 nitrogen and oxygen atoms in total. The molecule has 1 saturated heterocycles. The molecule has 1 aliphatic carbocycles. The Morgan fingerprint density at radius 1 is 1.13 bits per heavy atom. The van der Waals surface area contributed by atoms with Gasteiger partial charge in [0.1, 0.15) is 18.0 Å². The number of ether oxygens (including phenoxy) is 2. The number of aromatic nitrogens is 4. The fraction of sp³-hybridized carbons (Fsp3) is 0.455. The Labute approximate surface area is 175 Å². The van der Waals surface area contributed by atoms with E-state index in [1.54, 1.807) is 6.20 Å². The molecule has 0 aromatic carbocycles. The highest BCUT2D eigenvalue weighted by Gasteiger charge is 2.25. The third-order valence-corrected chi connectivity index (χ3v) is 5.96. The Morgan fingerprint density at radius 2 is 1.97 bits per heavy atom. The lowest BCUT2D eigenvalue weighted by molar-refractivity contribution is 0.121. The zero-order valence-electron chi connectivity index (χ0n) is 16.8. The number of hydrogen-bond donors (Lipinski definition) is 0. The van der Waals surface area contributed by atoms with Gasteiger partial charge in [0.25, 0.3) is 0 Å². The minimum atomic E-state index is 0.103. The number of rotatable bonds is 4. The molecular weight excluding hydrogens is 380 g/mol. The quantitative estimate of drug-likeness (QED) is 0.660. The number of hydrogen-bond acceptors (Lipinski definition) is 7. The third-order valence-electron chi connectivity index (χ3n) is 5.96. The van der Waals surface area contributed by atoms with E-state index in [9.17, 15) is 5.26 Å². The van der Waals surface area contributed by atoms with Gasteiger partial charge >= 0.3 is 0 Å². The lowest BCUT2D eigenvalue weighted by Gasteiger charge is -2.31. The Kier molecular flexibility index (Phi) is 5.20. The molecule has 0 N–H and O–H groups in total. The van der Waals surface area contributed by atoms with E-state index in [4.69, 9.17) is 14.5 Å². The molecule has 0 atom stereocenters. The highest BCUT2D eigenvalue weighted by molar-refractivity contribution is 5.86. The van der Waals surface area contributed by atoms with Crippen LogP contribution in [0.4, 0.5) is 5.82 Å². The molecule has 3 aromatic rings. The molecule has 2 fully saturated rings. The number of imidazole rings is 1. The molecule has 8 heteroatoms. The summed E-state index contributed by atoms with van der Waals surface area (Å²) < 4.78 is 14.1. The number of anilines is 1. The first-order valence-corrected chi connectivity index (χ1v) is 10.5. The molecule has 5 rings (SSSR count). The lowest BCUT2D eigenvalue weighted by atomic mass is 9.93. The molecule has 4 heterocycles. The second-order valence-electron chi connectivity index (χ2n) is 7.85. The maximum absolute atomic E-state index is 9.31. The van der Waals surface area contributed by atoms with Crippen molar-refractivity contribution in [3.63, 3.8) is 0 Å². The van der Waals surface area contributed by atoms with Crippen LogP contribution in [0.25, 0.3) is 10.9 Å². The maximum atomic E-state index is 9.31. The van der Waals surface area contributed by atoms with Gasteiger partial charge in [-0.15, -0.1) is 0 Å². The smallest absolute Gasteiger partial charge is 0.225 e. The first-order valence-electron chi connectivity index (χ1n) is 10.5. The summed E-state index contributed by atoms with van der Waals surface area (Å²) in [6.45, 7) is 2.97. The van der Waals surface area contributed by atoms with Gasteiger partial charge in [0.05, 0.1) is 36.0 Å². The Hall–Kier alpha value is -3.18. The van der Waals surface area contributed by atoms with Gasteiger partial charge in [-0.2, -0.15) is 10.2 Å². The lowest BCUT2D eigenvalue weighted by Crippen LogP contribution is -2.36. The largest absolute Gasteiger partial charge is 0.474 e. The zero-order valence-corrected chi connectivity index (χ0v) is 16.8. The van der Waals surface area contributed by atoms with Crippen molar-refractivity contribution in [3.8, 4) is 11.9 Å². The van der Waals surface area contributed by atoms with Gasteiger partial charge < -0.3 is 18.9 Å². The predicted octanol–water partition coefficient (Wildman–Crippen LogP) is 3.10. The van der Waals surface area contributed by atoms with Gasteiger partial charge in [0.15, 0.2) is 0 Å². The highest BCUT2D eigenvalue weighted by atomic mass is 16.5. The number of nitriles is 1. The van der Waals surface area contributed by atoms with Crippen molar-refractivity contribution in [2.75, 3.05) is 31.2 Å². The van der Waals surface area contributed by atoms with E-state index < -0.39 is 0 Å². The van der Waals surface area contributed by atoms with Crippen molar-refractivity contribution in [2.45, 2.75) is 37.8 Å². The van der Waals surface area contributed by atoms with Crippen LogP contribution in [0.1, 0.15) is 37.3 Å². The Morgan fingerprint density at radius 3 is 2.70 bits per heavy atom. The molecule has 3 aromatic heterocycles. The van der Waals surface area contributed by atoms with Gasteiger partial charge in [-0.3, -0.25) is 4.98 Å². The van der Waals surface area contributed by atoms with E-state index in [1.165, 1.54) is 0 Å². The summed E-state index contributed by atoms with van der Waals surface area (Å²) in [5.41, 5.74) is 1.31. The summed E-state index contributed by atoms with van der Waals surface area (Å²) in [7, 11) is 0. The van der Waals surface area contributed by atoms with Crippen LogP contribution in [0.5, 0.6) is 5.88 Å². The van der Waals surface area contributed by atoms with Crippen LogP contribution in [0, 0.1) is 11.3 Å². The topological polar surface area (TPSA) is 89.1 Å². The molecule has 2 aliphatic rings. The SMILES string of the molecule is N#Cc1cnc2cc(N3CCOCC3)nc(O[C@H]3CC[C@@H](n4ccnc4)CC3)c2c1. The molecule has 30 heavy (non-hydrogen) atoms. The van der Waals surface area contributed by atoms with Crippen molar-refractivity contribution in [3.05, 3.63) is 42.6 Å². The van der Waals surface area contributed by atoms with E-state index >= 15 is 0 Å². The van der Waals surface area contributed by atoms with E-state index in [0.717, 1.165) is 55.5 Å². The van der Waals surface area contributed by atoms with Crippen molar-refractivity contribution < 1.29 is 9.47 Å². The van der Waals surface area contributed by atoms with Crippen molar-refractivity contribution in [1.29, 1.82) is 5.26 Å². The summed E-state index contributed by atoms with van der Waals surface area (Å²) in [6.07, 6.45) is 11.5. The summed E-state index contributed by atoms with van der Waals surface area (Å²) in [6, 6.07) is 6.44. The summed E-state index contributed by atoms with van der Waals surface area (Å²) in [4.78, 5) is 15.7. The zero-order chi connectivity index (χ0) is 20.3. The van der Waals surface area contributed by atoms with E-state index in [0.29, 0.717) is 30.7 Å². The average molecular weight is 404 g/mol. The van der Waals surface area contributed by atoms with Crippen LogP contribution in [0.2, 0.25) is 0 Å². The molecule has 0 spiro atoms. The fourth-order valence-electron chi connectivity index (χ4n) is 4.29. The van der Waals surface area contributed by atoms with Crippen molar-refractivity contribution in [1.82, 2.24) is 19.5 Å². The second kappa shape index (κ2) is 8.28. The Bertz CT molecular complexity index is 1050. The number of fused-ring (bicyclic) bond motifs is 1. The fourth-order valence-corrected chi connectivity index (χ4v) is 4.29. The first-order chi connectivity index (χ1) is 14.8. The summed E-state index contributed by atoms with van der Waals surface area (Å²) in [5, 5.41) is 10.1. The van der Waals surface area contributed by atoms with E-state index in [2.05, 4.69) is 25.5 Å². The number of morpholine rings is 1. The Balaban J connectivity index is 1.41. The molecule has 1 aliphatic heterocycles. The molecule has 0 amide bonds. The average Bonchev–Trinajstić information content (AvgIpc) is 3.35. The van der Waals surface area contributed by atoms with Crippen LogP contribution in [-0.4, -0.2) is 51.9 Å². The van der Waals surface area contributed by atoms with Crippen molar-refractivity contribution in [2.24, 2.45) is 0 Å². The molecule has 0 radical (unpaired) electrons. The monoisotopic (exact) mass is 404 g/mol. The molecular formula is C22H24N6O2. The van der Waals surface area contributed by atoms with Crippen LogP contribution >= 0.6 is 0 Å². The van der Waals surface area contributed by atoms with Crippen molar-refractivity contribution >= 4 is 16.7 Å². The number of pyridine rings is 2. The van der Waals surface area contributed by atoms with Crippen LogP contribution < -0.4 is 9.64 Å². The van der Waals surface area contributed by atoms with E-state index in [-0.39, 0.29) is 6.10 Å². The van der Waals surface area contributed by atoms with Crippen LogP contribution in [-0.2, 0) is 4.74 Å². The normalized spacial score (nSPS) is 22.0. The van der Waals surface area contributed by atoms with E-state index in [1.807, 2.05) is 30.9 Å². The minimum Gasteiger partial charge on any atom is -0.474 e. The summed E-state index contributed by atoms with van der Waals surface area (Å²) in [5.74, 6) is 1.43. The second-order valence-corrected chi connectivity index (χ2v) is 7.85.